The number of nitrogens with one attached hydrogen (secondary N) is 2. The zero-order valence-corrected chi connectivity index (χ0v) is 17.2. The summed E-state index contributed by atoms with van der Waals surface area (Å²) >= 11 is 0. The Balaban J connectivity index is 1.82. The van der Waals surface area contributed by atoms with E-state index in [1.807, 2.05) is 0 Å². The van der Waals surface area contributed by atoms with E-state index in [9.17, 15) is 0 Å². The predicted molar refractivity (Wildman–Crippen MR) is 113 cm³/mol. The number of ether oxygens (including phenoxy) is 1. The van der Waals surface area contributed by atoms with Crippen molar-refractivity contribution in [2.45, 2.75) is 26.4 Å². The lowest BCUT2D eigenvalue weighted by Crippen LogP contribution is -2.37. The molecule has 2 rings (SSSR count). The molecule has 0 fully saturated rings. The molecule has 0 atom stereocenters. The number of aliphatic imine (C=N–C) groups is 1. The predicted octanol–water partition coefficient (Wildman–Crippen LogP) is 2.97. The fourth-order valence-electron chi connectivity index (χ4n) is 2.95. The minimum absolute atomic E-state index is 0.749. The van der Waals surface area contributed by atoms with Crippen molar-refractivity contribution in [2.24, 2.45) is 4.99 Å². The summed E-state index contributed by atoms with van der Waals surface area (Å²) in [5.41, 5.74) is 4.97. The van der Waals surface area contributed by atoms with Crippen molar-refractivity contribution in [3.8, 4) is 5.75 Å². The lowest BCUT2D eigenvalue weighted by molar-refractivity contribution is 0.402. The highest BCUT2D eigenvalue weighted by molar-refractivity contribution is 5.79. The number of benzene rings is 2. The van der Waals surface area contributed by atoms with Crippen molar-refractivity contribution in [1.29, 1.82) is 0 Å². The van der Waals surface area contributed by atoms with Crippen LogP contribution >= 0.6 is 0 Å². The van der Waals surface area contributed by atoms with Gasteiger partial charge in [0.15, 0.2) is 5.96 Å². The molecule has 0 aliphatic carbocycles. The Morgan fingerprint density at radius 2 is 1.81 bits per heavy atom. The highest BCUT2D eigenvalue weighted by Crippen LogP contribution is 2.19. The SMILES string of the molecule is CN=C(NCCc1ccc(C)c(OC)c1)NCc1cccc(CN(C)C)c1. The Bertz CT molecular complexity index is 756. The number of hydrogen-bond acceptors (Lipinski definition) is 3. The number of rotatable bonds is 8. The fourth-order valence-corrected chi connectivity index (χ4v) is 2.95. The van der Waals surface area contributed by atoms with E-state index in [0.29, 0.717) is 0 Å². The van der Waals surface area contributed by atoms with Crippen LogP contribution in [-0.4, -0.2) is 45.7 Å². The first-order valence-corrected chi connectivity index (χ1v) is 9.32. The molecule has 0 heterocycles. The average Bonchev–Trinajstić information content (AvgIpc) is 2.65. The summed E-state index contributed by atoms with van der Waals surface area (Å²) in [5, 5.41) is 6.76. The Hall–Kier alpha value is -2.53. The van der Waals surface area contributed by atoms with Crippen molar-refractivity contribution in [2.75, 3.05) is 34.8 Å². The maximum Gasteiger partial charge on any atom is 0.191 e. The van der Waals surface area contributed by atoms with Crippen LogP contribution in [0.2, 0.25) is 0 Å². The van der Waals surface area contributed by atoms with Gasteiger partial charge < -0.3 is 20.3 Å². The van der Waals surface area contributed by atoms with Crippen molar-refractivity contribution in [3.63, 3.8) is 0 Å². The normalized spacial score (nSPS) is 11.6. The van der Waals surface area contributed by atoms with E-state index >= 15 is 0 Å². The molecule has 0 unspecified atom stereocenters. The molecule has 0 bridgehead atoms. The quantitative estimate of drug-likeness (QED) is 0.556. The second-order valence-electron chi connectivity index (χ2n) is 6.96. The molecule has 2 aromatic carbocycles. The number of hydrogen-bond donors (Lipinski definition) is 2. The van der Waals surface area contributed by atoms with Crippen LogP contribution in [0, 0.1) is 6.92 Å². The maximum absolute atomic E-state index is 5.40. The van der Waals surface area contributed by atoms with E-state index in [0.717, 1.165) is 43.3 Å². The molecule has 2 N–H and O–H groups in total. The molecule has 0 saturated carbocycles. The van der Waals surface area contributed by atoms with Gasteiger partial charge in [-0.2, -0.15) is 0 Å². The standard InChI is InChI=1S/C22H32N4O/c1-17-9-10-18(14-21(17)27-5)11-12-24-22(23-2)25-15-19-7-6-8-20(13-19)16-26(3)4/h6-10,13-14H,11-12,15-16H2,1-5H3,(H2,23,24,25). The van der Waals surface area contributed by atoms with Crippen LogP contribution in [0.1, 0.15) is 22.3 Å². The van der Waals surface area contributed by atoms with Gasteiger partial charge in [0.25, 0.3) is 0 Å². The van der Waals surface area contributed by atoms with Crippen LogP contribution in [0.4, 0.5) is 0 Å². The minimum Gasteiger partial charge on any atom is -0.496 e. The zero-order valence-electron chi connectivity index (χ0n) is 17.2. The molecular formula is C22H32N4O. The number of guanidine groups is 1. The van der Waals surface area contributed by atoms with Gasteiger partial charge in [-0.05, 0) is 55.8 Å². The molecule has 0 amide bonds. The first-order chi connectivity index (χ1) is 13.0. The van der Waals surface area contributed by atoms with Crippen molar-refractivity contribution < 1.29 is 4.74 Å². The van der Waals surface area contributed by atoms with Crippen LogP contribution in [0.15, 0.2) is 47.5 Å². The van der Waals surface area contributed by atoms with Gasteiger partial charge >= 0.3 is 0 Å². The highest BCUT2D eigenvalue weighted by Gasteiger charge is 2.03. The fraction of sp³-hybridized carbons (Fsp3) is 0.409. The smallest absolute Gasteiger partial charge is 0.191 e. The van der Waals surface area contributed by atoms with Gasteiger partial charge in [-0.25, -0.2) is 0 Å². The second-order valence-corrected chi connectivity index (χ2v) is 6.96. The molecule has 0 radical (unpaired) electrons. The van der Waals surface area contributed by atoms with Gasteiger partial charge in [0.05, 0.1) is 7.11 Å². The molecule has 0 saturated heterocycles. The minimum atomic E-state index is 0.749. The van der Waals surface area contributed by atoms with Crippen LogP contribution in [0.5, 0.6) is 5.75 Å². The van der Waals surface area contributed by atoms with Crippen molar-refractivity contribution >= 4 is 5.96 Å². The van der Waals surface area contributed by atoms with E-state index in [-0.39, 0.29) is 0 Å². The Kier molecular flexibility index (Phi) is 8.14. The molecule has 0 aromatic heterocycles. The van der Waals surface area contributed by atoms with Crippen LogP contribution < -0.4 is 15.4 Å². The lowest BCUT2D eigenvalue weighted by Gasteiger charge is -2.14. The molecule has 0 aliphatic heterocycles. The molecule has 27 heavy (non-hydrogen) atoms. The first kappa shape index (κ1) is 20.8. The third-order valence-electron chi connectivity index (χ3n) is 4.35. The topological polar surface area (TPSA) is 48.9 Å². The van der Waals surface area contributed by atoms with E-state index < -0.39 is 0 Å². The largest absolute Gasteiger partial charge is 0.496 e. The average molecular weight is 369 g/mol. The lowest BCUT2D eigenvalue weighted by atomic mass is 10.1. The van der Waals surface area contributed by atoms with E-state index in [1.54, 1.807) is 14.2 Å². The van der Waals surface area contributed by atoms with E-state index in [2.05, 4.69) is 84.0 Å². The van der Waals surface area contributed by atoms with Crippen LogP contribution in [0.3, 0.4) is 0 Å². The first-order valence-electron chi connectivity index (χ1n) is 9.32. The third-order valence-corrected chi connectivity index (χ3v) is 4.35. The summed E-state index contributed by atoms with van der Waals surface area (Å²) in [4.78, 5) is 6.49. The monoisotopic (exact) mass is 368 g/mol. The molecule has 0 aliphatic rings. The van der Waals surface area contributed by atoms with Crippen LogP contribution in [-0.2, 0) is 19.5 Å². The summed E-state index contributed by atoms with van der Waals surface area (Å²) in [6, 6.07) is 15.0. The highest BCUT2D eigenvalue weighted by atomic mass is 16.5. The molecule has 0 spiro atoms. The molecule has 5 nitrogen and oxygen atoms in total. The van der Waals surface area contributed by atoms with Gasteiger partial charge in [-0.15, -0.1) is 0 Å². The van der Waals surface area contributed by atoms with Gasteiger partial charge in [0.1, 0.15) is 5.75 Å². The Labute approximate surface area is 163 Å². The Morgan fingerprint density at radius 3 is 2.52 bits per heavy atom. The summed E-state index contributed by atoms with van der Waals surface area (Å²) < 4.78 is 5.40. The van der Waals surface area contributed by atoms with E-state index in [1.165, 1.54) is 16.7 Å². The molecule has 5 heteroatoms. The van der Waals surface area contributed by atoms with E-state index in [4.69, 9.17) is 4.74 Å². The van der Waals surface area contributed by atoms with Crippen LogP contribution in [0.25, 0.3) is 0 Å². The van der Waals surface area contributed by atoms with Gasteiger partial charge in [-0.3, -0.25) is 4.99 Å². The summed E-state index contributed by atoms with van der Waals surface area (Å²) in [7, 11) is 7.68. The summed E-state index contributed by atoms with van der Waals surface area (Å²) in [6.07, 6.45) is 0.912. The molecular weight excluding hydrogens is 336 g/mol. The zero-order chi connectivity index (χ0) is 19.6. The third kappa shape index (κ3) is 6.94. The number of aryl methyl sites for hydroxylation is 1. The summed E-state index contributed by atoms with van der Waals surface area (Å²) in [6.45, 7) is 4.56. The molecule has 2 aromatic rings. The molecule has 146 valence electrons. The van der Waals surface area contributed by atoms with Gasteiger partial charge in [0.2, 0.25) is 0 Å². The Morgan fingerprint density at radius 1 is 1.04 bits per heavy atom. The van der Waals surface area contributed by atoms with Gasteiger partial charge in [0, 0.05) is 26.7 Å². The summed E-state index contributed by atoms with van der Waals surface area (Å²) in [5.74, 6) is 1.75. The van der Waals surface area contributed by atoms with Crippen molar-refractivity contribution in [1.82, 2.24) is 15.5 Å². The van der Waals surface area contributed by atoms with Gasteiger partial charge in [-0.1, -0.05) is 36.4 Å². The second kappa shape index (κ2) is 10.6. The number of methoxy groups -OCH3 is 1. The number of nitrogens with zero attached hydrogens (tertiary/aromatic N) is 2. The maximum atomic E-state index is 5.40. The van der Waals surface area contributed by atoms with Crippen molar-refractivity contribution in [3.05, 3.63) is 64.7 Å².